The molecule has 0 radical (unpaired) electrons. The van der Waals surface area contributed by atoms with E-state index in [-0.39, 0.29) is 5.91 Å². The number of anilines is 2. The number of thiophene rings is 1. The first-order valence-corrected chi connectivity index (χ1v) is 10.6. The molecule has 0 unspecified atom stereocenters. The van der Waals surface area contributed by atoms with Crippen molar-refractivity contribution in [3.05, 3.63) is 53.2 Å². The van der Waals surface area contributed by atoms with Crippen LogP contribution in [-0.4, -0.2) is 60.0 Å². The summed E-state index contributed by atoms with van der Waals surface area (Å²) in [6.45, 7) is 2.06. The molecule has 3 aromatic rings. The molecule has 156 valence electrons. The normalized spacial score (nSPS) is 13.8. The topological polar surface area (TPSA) is 70.6 Å². The van der Waals surface area contributed by atoms with Gasteiger partial charge in [-0.15, -0.1) is 11.3 Å². The van der Waals surface area contributed by atoms with Crippen molar-refractivity contribution in [3.8, 4) is 5.75 Å². The minimum absolute atomic E-state index is 0.0563. The van der Waals surface area contributed by atoms with E-state index in [4.69, 9.17) is 4.74 Å². The van der Waals surface area contributed by atoms with Gasteiger partial charge in [0.05, 0.1) is 19.0 Å². The summed E-state index contributed by atoms with van der Waals surface area (Å²) in [7, 11) is 5.62. The van der Waals surface area contributed by atoms with Crippen molar-refractivity contribution in [2.45, 2.75) is 13.0 Å². The number of methoxy groups -OCH3 is 1. The molecule has 8 heteroatoms. The molecule has 0 saturated heterocycles. The summed E-state index contributed by atoms with van der Waals surface area (Å²) in [6.07, 6.45) is 5.96. The van der Waals surface area contributed by atoms with E-state index >= 15 is 0 Å². The lowest BCUT2D eigenvalue weighted by molar-refractivity contribution is -0.126. The summed E-state index contributed by atoms with van der Waals surface area (Å²) in [6, 6.07) is 7.77. The van der Waals surface area contributed by atoms with Crippen LogP contribution in [0.1, 0.15) is 10.4 Å². The van der Waals surface area contributed by atoms with Crippen molar-refractivity contribution < 1.29 is 9.53 Å². The van der Waals surface area contributed by atoms with E-state index < -0.39 is 0 Å². The Labute approximate surface area is 180 Å². The molecule has 0 bridgehead atoms. The van der Waals surface area contributed by atoms with Crippen molar-refractivity contribution in [1.29, 1.82) is 0 Å². The molecule has 30 heavy (non-hydrogen) atoms. The molecule has 7 nitrogen and oxygen atoms in total. The monoisotopic (exact) mass is 423 g/mol. The van der Waals surface area contributed by atoms with Gasteiger partial charge in [0.15, 0.2) is 0 Å². The zero-order valence-corrected chi connectivity index (χ0v) is 18.2. The highest BCUT2D eigenvalue weighted by Gasteiger charge is 2.25. The lowest BCUT2D eigenvalue weighted by Gasteiger charge is -2.26. The van der Waals surface area contributed by atoms with E-state index in [0.717, 1.165) is 40.4 Å². The molecule has 1 amide bonds. The zero-order valence-electron chi connectivity index (χ0n) is 17.4. The van der Waals surface area contributed by atoms with Crippen LogP contribution in [0.3, 0.4) is 0 Å². The molecule has 2 aromatic heterocycles. The van der Waals surface area contributed by atoms with Crippen molar-refractivity contribution in [2.24, 2.45) is 0 Å². The summed E-state index contributed by atoms with van der Waals surface area (Å²) in [5.74, 6) is 1.63. The molecule has 4 rings (SSSR count). The summed E-state index contributed by atoms with van der Waals surface area (Å²) < 4.78 is 5.31. The Balaban J connectivity index is 1.58. The number of benzene rings is 1. The predicted octanol–water partition coefficient (Wildman–Crippen LogP) is 3.45. The van der Waals surface area contributed by atoms with Gasteiger partial charge >= 0.3 is 0 Å². The Kier molecular flexibility index (Phi) is 5.96. The maximum Gasteiger partial charge on any atom is 0.246 e. The second-order valence-electron chi connectivity index (χ2n) is 7.44. The van der Waals surface area contributed by atoms with Crippen molar-refractivity contribution >= 4 is 39.0 Å². The van der Waals surface area contributed by atoms with E-state index in [0.29, 0.717) is 13.1 Å². The number of ether oxygens (including phenoxy) is 1. The number of amides is 1. The average Bonchev–Trinajstić information content (AvgIpc) is 3.12. The van der Waals surface area contributed by atoms with Crippen molar-refractivity contribution in [3.63, 3.8) is 0 Å². The smallest absolute Gasteiger partial charge is 0.246 e. The van der Waals surface area contributed by atoms with E-state index in [2.05, 4.69) is 15.3 Å². The van der Waals surface area contributed by atoms with Crippen LogP contribution < -0.4 is 10.1 Å². The number of nitrogens with zero attached hydrogens (tertiary/aromatic N) is 4. The third-order valence-corrected chi connectivity index (χ3v) is 6.14. The highest BCUT2D eigenvalue weighted by atomic mass is 32.1. The Bertz CT molecular complexity index is 1090. The number of hydrogen-bond donors (Lipinski definition) is 1. The number of hydrogen-bond acceptors (Lipinski definition) is 7. The largest absolute Gasteiger partial charge is 0.497 e. The van der Waals surface area contributed by atoms with E-state index in [1.807, 2.05) is 54.2 Å². The molecule has 1 aliphatic rings. The van der Waals surface area contributed by atoms with E-state index in [1.54, 1.807) is 30.8 Å². The summed E-state index contributed by atoms with van der Waals surface area (Å²) >= 11 is 1.64. The van der Waals surface area contributed by atoms with E-state index in [9.17, 15) is 4.79 Å². The molecule has 1 aromatic carbocycles. The number of fused-ring (bicyclic) bond motifs is 3. The van der Waals surface area contributed by atoms with Gasteiger partial charge in [-0.1, -0.05) is 12.1 Å². The number of carbonyl (C=O) groups excluding carboxylic acids is 1. The molecule has 0 aliphatic carbocycles. The summed E-state index contributed by atoms with van der Waals surface area (Å²) in [5, 5.41) is 4.46. The SMILES string of the molecule is COc1cccc(Nc2ncnc3sc4c(c23)CCN(C(=O)C=CCN(C)C)C4)c1. The molecule has 0 spiro atoms. The highest BCUT2D eigenvalue weighted by Crippen LogP contribution is 2.38. The van der Waals surface area contributed by atoms with Crippen LogP contribution >= 0.6 is 11.3 Å². The minimum atomic E-state index is 0.0563. The van der Waals surface area contributed by atoms with Gasteiger partial charge in [0, 0.05) is 35.8 Å². The van der Waals surface area contributed by atoms with Gasteiger partial charge < -0.3 is 19.9 Å². The van der Waals surface area contributed by atoms with Crippen LogP contribution in [0, 0.1) is 0 Å². The summed E-state index contributed by atoms with van der Waals surface area (Å²) in [4.78, 5) is 27.6. The van der Waals surface area contributed by atoms with Crippen molar-refractivity contribution in [1.82, 2.24) is 19.8 Å². The fourth-order valence-corrected chi connectivity index (χ4v) is 4.72. The average molecular weight is 424 g/mol. The Morgan fingerprint density at radius 3 is 3.03 bits per heavy atom. The van der Waals surface area contributed by atoms with Crippen LogP contribution in [0.5, 0.6) is 5.75 Å². The molecule has 0 atom stereocenters. The summed E-state index contributed by atoms with van der Waals surface area (Å²) in [5.41, 5.74) is 2.15. The maximum atomic E-state index is 12.5. The first-order valence-electron chi connectivity index (χ1n) is 9.81. The third kappa shape index (κ3) is 4.29. The number of carbonyl (C=O) groups is 1. The van der Waals surface area contributed by atoms with Gasteiger partial charge in [0.25, 0.3) is 0 Å². The number of aromatic nitrogens is 2. The van der Waals surface area contributed by atoms with Crippen LogP contribution in [0.2, 0.25) is 0 Å². The molecule has 1 aliphatic heterocycles. The standard InChI is InChI=1S/C22H25N5O2S/c1-26(2)10-5-8-19(28)27-11-9-17-18(13-27)30-22-20(17)21(23-14-24-22)25-15-6-4-7-16(12-15)29-3/h4-8,12,14H,9-11,13H2,1-3H3,(H,23,24,25). The van der Waals surface area contributed by atoms with Gasteiger partial charge in [-0.25, -0.2) is 9.97 Å². The van der Waals surface area contributed by atoms with E-state index in [1.165, 1.54) is 10.4 Å². The first-order chi connectivity index (χ1) is 14.5. The predicted molar refractivity (Wildman–Crippen MR) is 121 cm³/mol. The van der Waals surface area contributed by atoms with Gasteiger partial charge in [0.1, 0.15) is 22.7 Å². The molecule has 3 heterocycles. The van der Waals surface area contributed by atoms with Crippen LogP contribution in [0.25, 0.3) is 10.2 Å². The number of likely N-dealkylation sites (N-methyl/N-ethyl adjacent to an activating group) is 1. The van der Waals surface area contributed by atoms with Crippen LogP contribution in [0.15, 0.2) is 42.7 Å². The van der Waals surface area contributed by atoms with Gasteiger partial charge in [-0.05, 0) is 38.2 Å². The molecule has 0 fully saturated rings. The van der Waals surface area contributed by atoms with Crippen LogP contribution in [0.4, 0.5) is 11.5 Å². The molecule has 0 saturated carbocycles. The van der Waals surface area contributed by atoms with Gasteiger partial charge in [0.2, 0.25) is 5.91 Å². The Morgan fingerprint density at radius 1 is 1.37 bits per heavy atom. The number of rotatable bonds is 6. The second-order valence-corrected chi connectivity index (χ2v) is 8.52. The number of nitrogens with one attached hydrogen (secondary N) is 1. The zero-order chi connectivity index (χ0) is 21.1. The Morgan fingerprint density at radius 2 is 2.23 bits per heavy atom. The lowest BCUT2D eigenvalue weighted by atomic mass is 10.0. The highest BCUT2D eigenvalue weighted by molar-refractivity contribution is 7.19. The molecular weight excluding hydrogens is 398 g/mol. The van der Waals surface area contributed by atoms with Gasteiger partial charge in [-0.3, -0.25) is 4.79 Å². The first kappa shape index (κ1) is 20.3. The fraction of sp³-hybridized carbons (Fsp3) is 0.318. The second kappa shape index (κ2) is 8.81. The molecular formula is C22H25N5O2S. The quantitative estimate of drug-likeness (QED) is 0.613. The van der Waals surface area contributed by atoms with Crippen LogP contribution in [-0.2, 0) is 17.8 Å². The minimum Gasteiger partial charge on any atom is -0.497 e. The van der Waals surface area contributed by atoms with Crippen molar-refractivity contribution in [2.75, 3.05) is 39.6 Å². The maximum absolute atomic E-state index is 12.5. The van der Waals surface area contributed by atoms with Gasteiger partial charge in [-0.2, -0.15) is 0 Å². The fourth-order valence-electron chi connectivity index (χ4n) is 3.52. The lowest BCUT2D eigenvalue weighted by Crippen LogP contribution is -2.34. The third-order valence-electron chi connectivity index (χ3n) is 5.01. The Hall–Kier alpha value is -2.97. The molecule has 1 N–H and O–H groups in total.